The highest BCUT2D eigenvalue weighted by molar-refractivity contribution is 5.92. The predicted molar refractivity (Wildman–Crippen MR) is 66.4 cm³/mol. The highest BCUT2D eigenvalue weighted by Crippen LogP contribution is 2.48. The average Bonchev–Trinajstić information content (AvgIpc) is 3.03. The van der Waals surface area contributed by atoms with Crippen LogP contribution in [-0.2, 0) is 11.8 Å². The Bertz CT molecular complexity index is 525. The smallest absolute Gasteiger partial charge is 0.308 e. The van der Waals surface area contributed by atoms with Gasteiger partial charge in [-0.1, -0.05) is 0 Å². The number of hydrogen-bond acceptors (Lipinski definition) is 3. The summed E-state index contributed by atoms with van der Waals surface area (Å²) in [6.07, 6.45) is 6.10. The number of aromatic nitrogens is 2. The van der Waals surface area contributed by atoms with E-state index in [2.05, 4.69) is 10.3 Å². The molecule has 4 atom stereocenters. The maximum Gasteiger partial charge on any atom is 0.308 e. The van der Waals surface area contributed by atoms with E-state index in [0.717, 1.165) is 19.3 Å². The number of fused-ring (bicyclic) bond motifs is 2. The van der Waals surface area contributed by atoms with Gasteiger partial charge < -0.3 is 15.0 Å². The predicted octanol–water partition coefficient (Wildman–Crippen LogP) is 0.649. The molecule has 19 heavy (non-hydrogen) atoms. The molecule has 6 nitrogen and oxygen atoms in total. The first kappa shape index (κ1) is 12.2. The number of imidazole rings is 1. The van der Waals surface area contributed by atoms with E-state index in [9.17, 15) is 14.7 Å². The third-order valence-electron chi connectivity index (χ3n) is 4.44. The summed E-state index contributed by atoms with van der Waals surface area (Å²) in [6.45, 7) is 0. The fourth-order valence-electron chi connectivity index (χ4n) is 3.61. The van der Waals surface area contributed by atoms with Gasteiger partial charge in [0.1, 0.15) is 5.69 Å². The van der Waals surface area contributed by atoms with Gasteiger partial charge in [-0.25, -0.2) is 4.98 Å². The molecule has 4 unspecified atom stereocenters. The van der Waals surface area contributed by atoms with Crippen LogP contribution in [0.4, 0.5) is 0 Å². The molecule has 2 N–H and O–H groups in total. The van der Waals surface area contributed by atoms with Crippen LogP contribution in [0.15, 0.2) is 12.5 Å². The zero-order valence-corrected chi connectivity index (χ0v) is 10.7. The lowest BCUT2D eigenvalue weighted by Crippen LogP contribution is -2.46. The Morgan fingerprint density at radius 3 is 2.79 bits per heavy atom. The van der Waals surface area contributed by atoms with Gasteiger partial charge in [-0.3, -0.25) is 9.59 Å². The molecule has 1 aromatic rings. The number of rotatable bonds is 3. The van der Waals surface area contributed by atoms with Crippen molar-refractivity contribution in [1.29, 1.82) is 0 Å². The van der Waals surface area contributed by atoms with E-state index in [1.54, 1.807) is 24.1 Å². The van der Waals surface area contributed by atoms with Crippen molar-refractivity contribution in [2.75, 3.05) is 0 Å². The standard InChI is InChI=1S/C13H17N3O3/c1-16-5-9(14-6-16)12(17)15-11-8-3-2-7(4-8)10(11)13(18)19/h5-8,10-11H,2-4H2,1H3,(H,15,17)(H,18,19). The van der Waals surface area contributed by atoms with E-state index >= 15 is 0 Å². The highest BCUT2D eigenvalue weighted by Gasteiger charge is 2.51. The summed E-state index contributed by atoms with van der Waals surface area (Å²) in [4.78, 5) is 27.4. The largest absolute Gasteiger partial charge is 0.481 e. The van der Waals surface area contributed by atoms with Gasteiger partial charge in [0.2, 0.25) is 0 Å². The van der Waals surface area contributed by atoms with Crippen LogP contribution in [0.25, 0.3) is 0 Å². The second-order valence-corrected chi connectivity index (χ2v) is 5.62. The van der Waals surface area contributed by atoms with Crippen LogP contribution >= 0.6 is 0 Å². The van der Waals surface area contributed by atoms with Gasteiger partial charge in [0, 0.05) is 19.3 Å². The summed E-state index contributed by atoms with van der Waals surface area (Å²) >= 11 is 0. The molecule has 1 amide bonds. The van der Waals surface area contributed by atoms with Gasteiger partial charge in [-0.05, 0) is 31.1 Å². The molecular formula is C13H17N3O3. The molecule has 0 aromatic carbocycles. The van der Waals surface area contributed by atoms with Gasteiger partial charge >= 0.3 is 5.97 Å². The Hall–Kier alpha value is -1.85. The summed E-state index contributed by atoms with van der Waals surface area (Å²) in [5.74, 6) is -0.982. The fourth-order valence-corrected chi connectivity index (χ4v) is 3.61. The second kappa shape index (κ2) is 4.36. The number of amides is 1. The Morgan fingerprint density at radius 2 is 2.16 bits per heavy atom. The van der Waals surface area contributed by atoms with Crippen molar-refractivity contribution in [3.05, 3.63) is 18.2 Å². The van der Waals surface area contributed by atoms with Crippen molar-refractivity contribution in [2.24, 2.45) is 24.8 Å². The molecule has 2 bridgehead atoms. The summed E-state index contributed by atoms with van der Waals surface area (Å²) in [6, 6.07) is -0.245. The Balaban J connectivity index is 1.75. The minimum Gasteiger partial charge on any atom is -0.481 e. The number of carbonyl (C=O) groups excluding carboxylic acids is 1. The first-order valence-corrected chi connectivity index (χ1v) is 6.58. The monoisotopic (exact) mass is 263 g/mol. The fraction of sp³-hybridized carbons (Fsp3) is 0.615. The molecule has 2 aliphatic rings. The normalized spacial score (nSPS) is 32.5. The second-order valence-electron chi connectivity index (χ2n) is 5.62. The third-order valence-corrected chi connectivity index (χ3v) is 4.44. The summed E-state index contributed by atoms with van der Waals surface area (Å²) < 4.78 is 1.70. The quantitative estimate of drug-likeness (QED) is 0.838. The minimum atomic E-state index is -0.793. The van der Waals surface area contributed by atoms with Gasteiger partial charge in [-0.15, -0.1) is 0 Å². The molecule has 0 spiro atoms. The highest BCUT2D eigenvalue weighted by atomic mass is 16.4. The number of aryl methyl sites for hydroxylation is 1. The molecule has 0 saturated heterocycles. The van der Waals surface area contributed by atoms with Gasteiger partial charge in [0.25, 0.3) is 5.91 Å². The third kappa shape index (κ3) is 2.01. The maximum absolute atomic E-state index is 12.1. The Labute approximate surface area is 110 Å². The average molecular weight is 263 g/mol. The number of nitrogens with one attached hydrogen (secondary N) is 1. The lowest BCUT2D eigenvalue weighted by Gasteiger charge is -2.28. The summed E-state index contributed by atoms with van der Waals surface area (Å²) in [7, 11) is 1.79. The topological polar surface area (TPSA) is 84.2 Å². The molecule has 1 heterocycles. The van der Waals surface area contributed by atoms with Gasteiger partial charge in [-0.2, -0.15) is 0 Å². The minimum absolute atomic E-state index is 0.219. The van der Waals surface area contributed by atoms with Crippen LogP contribution in [0.5, 0.6) is 0 Å². The zero-order chi connectivity index (χ0) is 13.6. The number of carbonyl (C=O) groups is 2. The Morgan fingerprint density at radius 1 is 1.42 bits per heavy atom. The molecule has 0 aliphatic heterocycles. The Kier molecular flexibility index (Phi) is 2.80. The van der Waals surface area contributed by atoms with E-state index in [4.69, 9.17) is 0 Å². The molecule has 0 radical (unpaired) electrons. The van der Waals surface area contributed by atoms with Crippen molar-refractivity contribution in [3.63, 3.8) is 0 Å². The zero-order valence-electron chi connectivity index (χ0n) is 10.7. The SMILES string of the molecule is Cn1cnc(C(=O)NC2C3CCC(C3)C2C(=O)O)c1. The van der Waals surface area contributed by atoms with Crippen molar-refractivity contribution in [3.8, 4) is 0 Å². The van der Waals surface area contributed by atoms with Crippen molar-refractivity contribution in [2.45, 2.75) is 25.3 Å². The molecule has 6 heteroatoms. The van der Waals surface area contributed by atoms with Crippen molar-refractivity contribution < 1.29 is 14.7 Å². The number of hydrogen-bond donors (Lipinski definition) is 2. The van der Waals surface area contributed by atoms with Crippen LogP contribution in [0.1, 0.15) is 29.8 Å². The van der Waals surface area contributed by atoms with Crippen LogP contribution in [0, 0.1) is 17.8 Å². The molecule has 1 aromatic heterocycles. The van der Waals surface area contributed by atoms with Crippen LogP contribution in [0.2, 0.25) is 0 Å². The lowest BCUT2D eigenvalue weighted by molar-refractivity contribution is -0.144. The van der Waals surface area contributed by atoms with E-state index in [1.807, 2.05) is 0 Å². The maximum atomic E-state index is 12.1. The first-order chi connectivity index (χ1) is 9.06. The molecule has 2 saturated carbocycles. The van der Waals surface area contributed by atoms with Crippen LogP contribution in [0.3, 0.4) is 0 Å². The number of carboxylic acids is 1. The van der Waals surface area contributed by atoms with Gasteiger partial charge in [0.15, 0.2) is 0 Å². The number of carboxylic acid groups (broad SMARTS) is 1. The lowest BCUT2D eigenvalue weighted by atomic mass is 9.84. The van der Waals surface area contributed by atoms with E-state index < -0.39 is 11.9 Å². The van der Waals surface area contributed by atoms with Crippen molar-refractivity contribution in [1.82, 2.24) is 14.9 Å². The first-order valence-electron chi connectivity index (χ1n) is 6.58. The number of nitrogens with zero attached hydrogens (tertiary/aromatic N) is 2. The molecule has 2 aliphatic carbocycles. The van der Waals surface area contributed by atoms with E-state index in [1.165, 1.54) is 0 Å². The molecular weight excluding hydrogens is 246 g/mol. The summed E-state index contributed by atoms with van der Waals surface area (Å²) in [5, 5.41) is 12.2. The molecule has 102 valence electrons. The van der Waals surface area contributed by atoms with Gasteiger partial charge in [0.05, 0.1) is 12.2 Å². The summed E-state index contributed by atoms with van der Waals surface area (Å²) in [5.41, 5.74) is 0.342. The molecule has 3 rings (SSSR count). The van der Waals surface area contributed by atoms with Crippen LogP contribution in [-0.4, -0.2) is 32.6 Å². The molecule has 2 fully saturated rings. The van der Waals surface area contributed by atoms with E-state index in [-0.39, 0.29) is 17.9 Å². The number of aliphatic carboxylic acids is 1. The van der Waals surface area contributed by atoms with E-state index in [0.29, 0.717) is 11.6 Å². The van der Waals surface area contributed by atoms with Crippen molar-refractivity contribution >= 4 is 11.9 Å². The van der Waals surface area contributed by atoms with Crippen LogP contribution < -0.4 is 5.32 Å².